The van der Waals surface area contributed by atoms with Crippen molar-refractivity contribution in [2.24, 2.45) is 0 Å². The fraction of sp³-hybridized carbons (Fsp3) is 0.588. The van der Waals surface area contributed by atoms with E-state index in [0.29, 0.717) is 13.2 Å². The topological polar surface area (TPSA) is 50.4 Å². The van der Waals surface area contributed by atoms with Crippen molar-refractivity contribution < 1.29 is 9.47 Å². The summed E-state index contributed by atoms with van der Waals surface area (Å²) >= 11 is 0. The number of nitrogens with zero attached hydrogens (tertiary/aromatic N) is 2. The monoisotopic (exact) mass is 303 g/mol. The van der Waals surface area contributed by atoms with E-state index in [9.17, 15) is 0 Å². The van der Waals surface area contributed by atoms with Crippen LogP contribution in [0.5, 0.6) is 5.88 Å². The number of hydrogen-bond donors (Lipinski definition) is 1. The van der Waals surface area contributed by atoms with Gasteiger partial charge in [0.2, 0.25) is 5.88 Å². The zero-order valence-electron chi connectivity index (χ0n) is 13.8. The van der Waals surface area contributed by atoms with Crippen LogP contribution in [0.4, 0.5) is 0 Å². The molecular formula is C17H25N3O2. The zero-order chi connectivity index (χ0) is 15.7. The molecule has 0 amide bonds. The van der Waals surface area contributed by atoms with Crippen molar-refractivity contribution in [1.82, 2.24) is 14.9 Å². The molecule has 5 nitrogen and oxygen atoms in total. The Hall–Kier alpha value is -1.59. The molecule has 2 aromatic rings. The van der Waals surface area contributed by atoms with E-state index in [-0.39, 0.29) is 11.5 Å². The van der Waals surface area contributed by atoms with Crippen LogP contribution < -0.4 is 4.74 Å². The van der Waals surface area contributed by atoms with E-state index in [1.807, 2.05) is 12.3 Å². The Morgan fingerprint density at radius 1 is 1.45 bits per heavy atom. The molecule has 1 unspecified atom stereocenters. The van der Waals surface area contributed by atoms with Gasteiger partial charge in [0.1, 0.15) is 12.3 Å². The number of fused-ring (bicyclic) bond motifs is 1. The maximum Gasteiger partial charge on any atom is 0.219 e. The van der Waals surface area contributed by atoms with Gasteiger partial charge in [-0.25, -0.2) is 0 Å². The SMILES string of the molecule is CN1CCOCC1COc1nc2[nH]ccc2cc1C(C)(C)C. The summed E-state index contributed by atoms with van der Waals surface area (Å²) in [7, 11) is 2.11. The quantitative estimate of drug-likeness (QED) is 0.947. The summed E-state index contributed by atoms with van der Waals surface area (Å²) < 4.78 is 11.6. The van der Waals surface area contributed by atoms with Gasteiger partial charge in [-0.05, 0) is 24.6 Å². The molecule has 1 atom stereocenters. The molecule has 1 saturated heterocycles. The van der Waals surface area contributed by atoms with Crippen molar-refractivity contribution in [3.63, 3.8) is 0 Å². The molecule has 22 heavy (non-hydrogen) atoms. The van der Waals surface area contributed by atoms with Crippen molar-refractivity contribution in [3.05, 3.63) is 23.9 Å². The van der Waals surface area contributed by atoms with E-state index < -0.39 is 0 Å². The van der Waals surface area contributed by atoms with Crippen LogP contribution in [0.1, 0.15) is 26.3 Å². The van der Waals surface area contributed by atoms with Crippen LogP contribution in [0.2, 0.25) is 0 Å². The van der Waals surface area contributed by atoms with Crippen LogP contribution in [0, 0.1) is 0 Å². The maximum atomic E-state index is 6.10. The van der Waals surface area contributed by atoms with Crippen LogP contribution in [0.25, 0.3) is 11.0 Å². The van der Waals surface area contributed by atoms with Gasteiger partial charge < -0.3 is 14.5 Å². The Morgan fingerprint density at radius 2 is 2.27 bits per heavy atom. The summed E-state index contributed by atoms with van der Waals surface area (Å²) in [6, 6.07) is 4.50. The van der Waals surface area contributed by atoms with E-state index in [2.05, 4.69) is 48.8 Å². The van der Waals surface area contributed by atoms with Crippen molar-refractivity contribution >= 4 is 11.0 Å². The number of pyridine rings is 1. The fourth-order valence-electron chi connectivity index (χ4n) is 2.70. The Balaban J connectivity index is 1.84. The lowest BCUT2D eigenvalue weighted by molar-refractivity contribution is -0.0115. The number of ether oxygens (including phenoxy) is 2. The molecule has 3 heterocycles. The average molecular weight is 303 g/mol. The number of likely N-dealkylation sites (N-methyl/N-ethyl adjacent to an activating group) is 1. The van der Waals surface area contributed by atoms with Gasteiger partial charge >= 0.3 is 0 Å². The molecule has 2 aromatic heterocycles. The zero-order valence-corrected chi connectivity index (χ0v) is 13.8. The van der Waals surface area contributed by atoms with Crippen LogP contribution in [0.15, 0.2) is 18.3 Å². The number of nitrogens with one attached hydrogen (secondary N) is 1. The third-order valence-corrected chi connectivity index (χ3v) is 4.24. The molecule has 1 aliphatic rings. The molecule has 3 rings (SSSR count). The van der Waals surface area contributed by atoms with Gasteiger partial charge in [0.15, 0.2) is 0 Å². The summed E-state index contributed by atoms with van der Waals surface area (Å²) in [4.78, 5) is 10.1. The van der Waals surface area contributed by atoms with Crippen molar-refractivity contribution in [3.8, 4) is 5.88 Å². The summed E-state index contributed by atoms with van der Waals surface area (Å²) in [6.45, 7) is 9.61. The van der Waals surface area contributed by atoms with E-state index in [4.69, 9.17) is 9.47 Å². The molecule has 0 radical (unpaired) electrons. The molecule has 5 heteroatoms. The highest BCUT2D eigenvalue weighted by molar-refractivity contribution is 5.77. The summed E-state index contributed by atoms with van der Waals surface area (Å²) in [5.41, 5.74) is 2.00. The number of aromatic amines is 1. The van der Waals surface area contributed by atoms with Gasteiger partial charge in [-0.2, -0.15) is 4.98 Å². The first-order valence-corrected chi connectivity index (χ1v) is 7.84. The van der Waals surface area contributed by atoms with Crippen molar-refractivity contribution in [1.29, 1.82) is 0 Å². The number of hydrogen-bond acceptors (Lipinski definition) is 4. The molecule has 0 aliphatic carbocycles. The molecule has 120 valence electrons. The Kier molecular flexibility index (Phi) is 4.10. The third kappa shape index (κ3) is 3.10. The number of rotatable bonds is 3. The molecule has 0 saturated carbocycles. The fourth-order valence-corrected chi connectivity index (χ4v) is 2.70. The van der Waals surface area contributed by atoms with E-state index >= 15 is 0 Å². The van der Waals surface area contributed by atoms with Crippen LogP contribution in [-0.4, -0.2) is 54.3 Å². The van der Waals surface area contributed by atoms with E-state index in [1.165, 1.54) is 0 Å². The average Bonchev–Trinajstić information content (AvgIpc) is 2.91. The van der Waals surface area contributed by atoms with E-state index in [1.54, 1.807) is 0 Å². The first kappa shape index (κ1) is 15.3. The second kappa shape index (κ2) is 5.89. The minimum atomic E-state index is -0.0112. The lowest BCUT2D eigenvalue weighted by Gasteiger charge is -2.32. The van der Waals surface area contributed by atoms with Crippen LogP contribution in [-0.2, 0) is 10.2 Å². The minimum absolute atomic E-state index is 0.0112. The van der Waals surface area contributed by atoms with Crippen LogP contribution >= 0.6 is 0 Å². The molecule has 0 bridgehead atoms. The highest BCUT2D eigenvalue weighted by atomic mass is 16.5. The molecule has 1 fully saturated rings. The lowest BCUT2D eigenvalue weighted by atomic mass is 9.87. The first-order valence-electron chi connectivity index (χ1n) is 7.84. The molecule has 1 N–H and O–H groups in total. The Labute approximate surface area is 131 Å². The van der Waals surface area contributed by atoms with Gasteiger partial charge in [0, 0.05) is 23.7 Å². The van der Waals surface area contributed by atoms with Gasteiger partial charge in [0.05, 0.1) is 19.3 Å². The summed E-state index contributed by atoms with van der Waals surface area (Å²) in [6.07, 6.45) is 1.91. The highest BCUT2D eigenvalue weighted by Crippen LogP contribution is 2.32. The number of morpholine rings is 1. The van der Waals surface area contributed by atoms with Gasteiger partial charge in [0.25, 0.3) is 0 Å². The second-order valence-electron chi connectivity index (χ2n) is 7.03. The number of aromatic nitrogens is 2. The standard InChI is InChI=1S/C17H25N3O2/c1-17(2,3)14-9-12-5-6-18-15(12)19-16(14)22-11-13-10-21-8-7-20(13)4/h5-6,9,13H,7-8,10-11H2,1-4H3,(H,18,19). The summed E-state index contributed by atoms with van der Waals surface area (Å²) in [5, 5.41) is 1.12. The predicted molar refractivity (Wildman–Crippen MR) is 87.5 cm³/mol. The molecule has 0 spiro atoms. The molecular weight excluding hydrogens is 278 g/mol. The largest absolute Gasteiger partial charge is 0.476 e. The lowest BCUT2D eigenvalue weighted by Crippen LogP contribution is -2.46. The van der Waals surface area contributed by atoms with Gasteiger partial charge in [-0.15, -0.1) is 0 Å². The summed E-state index contributed by atoms with van der Waals surface area (Å²) in [5.74, 6) is 0.724. The van der Waals surface area contributed by atoms with E-state index in [0.717, 1.165) is 35.6 Å². The highest BCUT2D eigenvalue weighted by Gasteiger charge is 2.24. The predicted octanol–water partition coefficient (Wildman–Crippen LogP) is 2.57. The normalized spacial score (nSPS) is 20.5. The Bertz CT molecular complexity index is 645. The second-order valence-corrected chi connectivity index (χ2v) is 7.03. The van der Waals surface area contributed by atoms with Crippen LogP contribution in [0.3, 0.4) is 0 Å². The third-order valence-electron chi connectivity index (χ3n) is 4.24. The maximum absolute atomic E-state index is 6.10. The van der Waals surface area contributed by atoms with Crippen molar-refractivity contribution in [2.75, 3.05) is 33.4 Å². The first-order chi connectivity index (χ1) is 10.4. The van der Waals surface area contributed by atoms with Gasteiger partial charge in [-0.1, -0.05) is 20.8 Å². The molecule has 0 aromatic carbocycles. The molecule has 1 aliphatic heterocycles. The minimum Gasteiger partial charge on any atom is -0.476 e. The Morgan fingerprint density at radius 3 is 3.00 bits per heavy atom. The number of H-pyrrole nitrogens is 1. The van der Waals surface area contributed by atoms with Gasteiger partial charge in [-0.3, -0.25) is 4.90 Å². The van der Waals surface area contributed by atoms with Crippen molar-refractivity contribution in [2.45, 2.75) is 32.2 Å². The smallest absolute Gasteiger partial charge is 0.219 e.